The molecule has 2 aromatic carbocycles. The number of hydrogen-bond acceptors (Lipinski definition) is 6. The molecule has 0 spiro atoms. The van der Waals surface area contributed by atoms with E-state index in [-0.39, 0.29) is 28.4 Å². The lowest BCUT2D eigenvalue weighted by molar-refractivity contribution is 0.0603. The molecule has 0 saturated heterocycles. The van der Waals surface area contributed by atoms with Crippen LogP contribution in [0.5, 0.6) is 5.75 Å². The first-order chi connectivity index (χ1) is 15.1. The molecule has 1 heterocycles. The number of rotatable bonds is 7. The Morgan fingerprint density at radius 1 is 1.16 bits per heavy atom. The van der Waals surface area contributed by atoms with Crippen molar-refractivity contribution in [1.82, 2.24) is 4.57 Å². The number of anilines is 1. The van der Waals surface area contributed by atoms with Crippen LogP contribution >= 0.6 is 11.6 Å². The Morgan fingerprint density at radius 3 is 2.44 bits per heavy atom. The number of nitrogens with zero attached hydrogens (tertiary/aromatic N) is 2. The van der Waals surface area contributed by atoms with Crippen molar-refractivity contribution in [2.24, 2.45) is 0 Å². The number of ether oxygens (including phenoxy) is 2. The molecule has 0 amide bonds. The predicted molar refractivity (Wildman–Crippen MR) is 123 cm³/mol. The summed E-state index contributed by atoms with van der Waals surface area (Å²) >= 11 is 6.13. The molecular weight excluding hydrogens is 456 g/mol. The first kappa shape index (κ1) is 23.6. The van der Waals surface area contributed by atoms with Crippen molar-refractivity contribution in [2.75, 3.05) is 24.8 Å². The van der Waals surface area contributed by atoms with Crippen LogP contribution in [0.1, 0.15) is 28.5 Å². The maximum atomic E-state index is 13.7. The molecule has 0 unspecified atom stereocenters. The standard InChI is InChI=1S/C22H23ClN2O6S/c1-5-17(25(32(4,28)29)19-12-14(23)10-11-20(19)30-2)21(26)24-13-16(22(27)31-3)15-8-6-7-9-18(15)24/h6-13,17H,5H2,1-4H3/t17-/m1/s1. The van der Waals surface area contributed by atoms with Crippen molar-refractivity contribution in [3.63, 3.8) is 0 Å². The summed E-state index contributed by atoms with van der Waals surface area (Å²) in [5, 5.41) is 0.810. The first-order valence-corrected chi connectivity index (χ1v) is 11.9. The fraction of sp³-hybridized carbons (Fsp3) is 0.273. The van der Waals surface area contributed by atoms with E-state index < -0.39 is 27.9 Å². The molecule has 0 aliphatic carbocycles. The van der Waals surface area contributed by atoms with E-state index in [9.17, 15) is 18.0 Å². The Balaban J connectivity index is 2.22. The van der Waals surface area contributed by atoms with Crippen molar-refractivity contribution in [1.29, 1.82) is 0 Å². The van der Waals surface area contributed by atoms with E-state index in [1.54, 1.807) is 37.3 Å². The Labute approximate surface area is 191 Å². The summed E-state index contributed by atoms with van der Waals surface area (Å²) in [5.41, 5.74) is 0.813. The summed E-state index contributed by atoms with van der Waals surface area (Å²) in [7, 11) is -1.28. The number of halogens is 1. The second-order valence-electron chi connectivity index (χ2n) is 7.06. The molecule has 8 nitrogen and oxygen atoms in total. The molecule has 0 radical (unpaired) electrons. The summed E-state index contributed by atoms with van der Waals surface area (Å²) < 4.78 is 38.2. The van der Waals surface area contributed by atoms with Crippen molar-refractivity contribution >= 4 is 50.1 Å². The fourth-order valence-electron chi connectivity index (χ4n) is 3.65. The van der Waals surface area contributed by atoms with Crippen LogP contribution in [-0.4, -0.2) is 51.4 Å². The van der Waals surface area contributed by atoms with Gasteiger partial charge in [0.05, 0.1) is 37.2 Å². The van der Waals surface area contributed by atoms with E-state index in [1.165, 1.54) is 37.1 Å². The maximum absolute atomic E-state index is 13.7. The summed E-state index contributed by atoms with van der Waals surface area (Å²) in [4.78, 5) is 25.9. The molecule has 0 saturated carbocycles. The minimum atomic E-state index is -3.93. The van der Waals surface area contributed by atoms with Crippen LogP contribution in [0.15, 0.2) is 48.7 Å². The zero-order valence-electron chi connectivity index (χ0n) is 18.0. The SMILES string of the molecule is CC[C@H](C(=O)n1cc(C(=O)OC)c2ccccc21)N(c1cc(Cl)ccc1OC)S(C)(=O)=O. The average Bonchev–Trinajstić information content (AvgIpc) is 3.15. The molecule has 1 aromatic heterocycles. The Bertz CT molecular complexity index is 1280. The zero-order chi connectivity index (χ0) is 23.6. The quantitative estimate of drug-likeness (QED) is 0.477. The molecule has 0 N–H and O–H groups in total. The highest BCUT2D eigenvalue weighted by Gasteiger charge is 2.35. The molecule has 1 atom stereocenters. The Hall–Kier alpha value is -3.04. The van der Waals surface area contributed by atoms with Crippen molar-refractivity contribution in [2.45, 2.75) is 19.4 Å². The van der Waals surface area contributed by atoms with Gasteiger partial charge < -0.3 is 9.47 Å². The average molecular weight is 479 g/mol. The van der Waals surface area contributed by atoms with E-state index in [2.05, 4.69) is 0 Å². The Morgan fingerprint density at radius 2 is 1.84 bits per heavy atom. The van der Waals surface area contributed by atoms with Gasteiger partial charge in [0.25, 0.3) is 5.91 Å². The number of hydrogen-bond donors (Lipinski definition) is 0. The fourth-order valence-corrected chi connectivity index (χ4v) is 5.02. The molecule has 0 aliphatic rings. The van der Waals surface area contributed by atoms with Gasteiger partial charge in [-0.2, -0.15) is 0 Å². The summed E-state index contributed by atoms with van der Waals surface area (Å²) in [6.07, 6.45) is 2.54. The van der Waals surface area contributed by atoms with Gasteiger partial charge in [-0.1, -0.05) is 36.7 Å². The molecule has 0 bridgehead atoms. The summed E-state index contributed by atoms with van der Waals surface area (Å²) in [5.74, 6) is -0.887. The number of para-hydroxylation sites is 1. The van der Waals surface area contributed by atoms with Crippen LogP contribution in [0, 0.1) is 0 Å². The minimum absolute atomic E-state index is 0.146. The summed E-state index contributed by atoms with van der Waals surface area (Å²) in [6, 6.07) is 10.2. The predicted octanol–water partition coefficient (Wildman–Crippen LogP) is 3.97. The molecule has 170 valence electrons. The normalized spacial score (nSPS) is 12.4. The highest BCUT2D eigenvalue weighted by atomic mass is 35.5. The first-order valence-electron chi connectivity index (χ1n) is 9.69. The number of sulfonamides is 1. The smallest absolute Gasteiger partial charge is 0.340 e. The van der Waals surface area contributed by atoms with Gasteiger partial charge in [0.2, 0.25) is 10.0 Å². The number of fused-ring (bicyclic) bond motifs is 1. The van der Waals surface area contributed by atoms with E-state index in [4.69, 9.17) is 21.1 Å². The molecule has 10 heteroatoms. The van der Waals surface area contributed by atoms with Crippen molar-refractivity contribution in [3.8, 4) is 5.75 Å². The van der Waals surface area contributed by atoms with E-state index >= 15 is 0 Å². The third kappa shape index (κ3) is 4.31. The number of benzene rings is 2. The molecule has 3 aromatic rings. The maximum Gasteiger partial charge on any atom is 0.340 e. The van der Waals surface area contributed by atoms with Crippen molar-refractivity contribution in [3.05, 3.63) is 59.2 Å². The van der Waals surface area contributed by atoms with Crippen LogP contribution < -0.4 is 9.04 Å². The third-order valence-corrected chi connectivity index (χ3v) is 6.45. The van der Waals surface area contributed by atoms with Crippen LogP contribution in [0.3, 0.4) is 0 Å². The largest absolute Gasteiger partial charge is 0.495 e. The highest BCUT2D eigenvalue weighted by molar-refractivity contribution is 7.92. The lowest BCUT2D eigenvalue weighted by Crippen LogP contribution is -2.46. The van der Waals surface area contributed by atoms with E-state index in [1.807, 2.05) is 0 Å². The van der Waals surface area contributed by atoms with Gasteiger partial charge in [0, 0.05) is 16.6 Å². The van der Waals surface area contributed by atoms with Gasteiger partial charge in [-0.25, -0.2) is 13.2 Å². The van der Waals surface area contributed by atoms with Crippen molar-refractivity contribution < 1.29 is 27.5 Å². The Kier molecular flexibility index (Phi) is 6.80. The third-order valence-electron chi connectivity index (χ3n) is 5.05. The van der Waals surface area contributed by atoms with E-state index in [0.717, 1.165) is 10.6 Å². The molecule has 32 heavy (non-hydrogen) atoms. The number of esters is 1. The van der Waals surface area contributed by atoms with Gasteiger partial charge in [-0.15, -0.1) is 0 Å². The second kappa shape index (κ2) is 9.22. The van der Waals surface area contributed by atoms with Gasteiger partial charge in [0.15, 0.2) is 0 Å². The van der Waals surface area contributed by atoms with Gasteiger partial charge in [-0.3, -0.25) is 13.7 Å². The van der Waals surface area contributed by atoms with Gasteiger partial charge in [0.1, 0.15) is 11.8 Å². The lowest BCUT2D eigenvalue weighted by Gasteiger charge is -2.31. The van der Waals surface area contributed by atoms with Crippen LogP contribution in [0.25, 0.3) is 10.9 Å². The second-order valence-corrected chi connectivity index (χ2v) is 9.35. The monoisotopic (exact) mass is 478 g/mol. The van der Waals surface area contributed by atoms with E-state index in [0.29, 0.717) is 10.9 Å². The molecule has 0 aliphatic heterocycles. The van der Waals surface area contributed by atoms with Gasteiger partial charge >= 0.3 is 5.97 Å². The molecule has 0 fully saturated rings. The number of carbonyl (C=O) groups is 2. The number of aromatic nitrogens is 1. The number of methoxy groups -OCH3 is 2. The highest BCUT2D eigenvalue weighted by Crippen LogP contribution is 2.35. The minimum Gasteiger partial charge on any atom is -0.495 e. The van der Waals surface area contributed by atoms with Crippen LogP contribution in [0.2, 0.25) is 5.02 Å². The number of carbonyl (C=O) groups excluding carboxylic acids is 2. The van der Waals surface area contributed by atoms with Gasteiger partial charge in [-0.05, 0) is 30.7 Å². The lowest BCUT2D eigenvalue weighted by atomic mass is 10.1. The van der Waals surface area contributed by atoms with Crippen LogP contribution in [0.4, 0.5) is 5.69 Å². The van der Waals surface area contributed by atoms with Crippen LogP contribution in [-0.2, 0) is 14.8 Å². The summed E-state index contributed by atoms with van der Waals surface area (Å²) in [6.45, 7) is 1.70. The zero-order valence-corrected chi connectivity index (χ0v) is 19.6. The molecule has 3 rings (SSSR count). The molecular formula is C22H23ClN2O6S. The topological polar surface area (TPSA) is 94.9 Å².